The van der Waals surface area contributed by atoms with Crippen LogP contribution in [0.1, 0.15) is 18.1 Å². The predicted molar refractivity (Wildman–Crippen MR) is 114 cm³/mol. The van der Waals surface area contributed by atoms with E-state index in [-0.39, 0.29) is 42.4 Å². The number of carbonyl (C=O) groups excluding carboxylic acids is 1. The number of guanidine groups is 1. The number of hydrogen-bond donors (Lipinski definition) is 2. The SMILES string of the molecule is CCN(Cc1ccccc1)C(=O)CN=C(N)Nc1ccc(C)cc1.I. The summed E-state index contributed by atoms with van der Waals surface area (Å²) >= 11 is 0. The second-order valence-corrected chi connectivity index (χ2v) is 5.59. The lowest BCUT2D eigenvalue weighted by Crippen LogP contribution is -2.33. The van der Waals surface area contributed by atoms with E-state index < -0.39 is 0 Å². The average molecular weight is 452 g/mol. The van der Waals surface area contributed by atoms with Crippen LogP contribution in [0.5, 0.6) is 0 Å². The standard InChI is InChI=1S/C19H24N4O.HI/c1-3-23(14-16-7-5-4-6-8-16)18(24)13-21-19(20)22-17-11-9-15(2)10-12-17;/h4-12H,3,13-14H2,1-2H3,(H3,20,21,22);1H. The number of anilines is 1. The summed E-state index contributed by atoms with van der Waals surface area (Å²) < 4.78 is 0. The van der Waals surface area contributed by atoms with Gasteiger partial charge in [-0.15, -0.1) is 24.0 Å². The normalized spacial score (nSPS) is 10.7. The first-order chi connectivity index (χ1) is 11.6. The Balaban J connectivity index is 0.00000312. The molecular weight excluding hydrogens is 427 g/mol. The van der Waals surface area contributed by atoms with Gasteiger partial charge < -0.3 is 16.0 Å². The summed E-state index contributed by atoms with van der Waals surface area (Å²) in [5.74, 6) is 0.193. The number of nitrogens with two attached hydrogens (primary N) is 1. The van der Waals surface area contributed by atoms with Crippen LogP contribution in [0.15, 0.2) is 59.6 Å². The molecular formula is C19H25IN4O. The zero-order valence-corrected chi connectivity index (χ0v) is 16.9. The molecule has 3 N–H and O–H groups in total. The Morgan fingerprint density at radius 3 is 2.36 bits per heavy atom. The van der Waals surface area contributed by atoms with Gasteiger partial charge in [0, 0.05) is 18.8 Å². The maximum atomic E-state index is 12.3. The second-order valence-electron chi connectivity index (χ2n) is 5.59. The molecule has 0 aromatic heterocycles. The summed E-state index contributed by atoms with van der Waals surface area (Å²) in [5, 5.41) is 2.99. The minimum Gasteiger partial charge on any atom is -0.370 e. The molecule has 5 nitrogen and oxygen atoms in total. The van der Waals surface area contributed by atoms with Gasteiger partial charge in [0.1, 0.15) is 6.54 Å². The van der Waals surface area contributed by atoms with Crippen LogP contribution in [0.4, 0.5) is 5.69 Å². The van der Waals surface area contributed by atoms with E-state index in [9.17, 15) is 4.79 Å². The first kappa shape index (κ1) is 21.0. The molecule has 0 unspecified atom stereocenters. The number of rotatable bonds is 6. The molecule has 0 fully saturated rings. The number of aliphatic imine (C=N–C) groups is 1. The van der Waals surface area contributed by atoms with Gasteiger partial charge in [-0.2, -0.15) is 0 Å². The molecule has 2 aromatic rings. The Morgan fingerprint density at radius 1 is 1.12 bits per heavy atom. The van der Waals surface area contributed by atoms with Crippen molar-refractivity contribution in [2.45, 2.75) is 20.4 Å². The maximum absolute atomic E-state index is 12.3. The highest BCUT2D eigenvalue weighted by Gasteiger charge is 2.11. The van der Waals surface area contributed by atoms with Crippen LogP contribution in [0.25, 0.3) is 0 Å². The molecule has 2 rings (SSSR count). The molecule has 0 atom stereocenters. The van der Waals surface area contributed by atoms with Gasteiger partial charge in [0.05, 0.1) is 0 Å². The number of likely N-dealkylation sites (N-methyl/N-ethyl adjacent to an activating group) is 1. The molecule has 1 amide bonds. The molecule has 0 saturated carbocycles. The molecule has 0 aliphatic heterocycles. The van der Waals surface area contributed by atoms with E-state index in [0.717, 1.165) is 11.3 Å². The van der Waals surface area contributed by atoms with Gasteiger partial charge >= 0.3 is 0 Å². The molecule has 0 heterocycles. The third-order valence-corrected chi connectivity index (χ3v) is 3.66. The highest BCUT2D eigenvalue weighted by atomic mass is 127. The van der Waals surface area contributed by atoms with E-state index in [0.29, 0.717) is 13.1 Å². The van der Waals surface area contributed by atoms with Crippen molar-refractivity contribution < 1.29 is 4.79 Å². The molecule has 2 aromatic carbocycles. The zero-order chi connectivity index (χ0) is 17.4. The number of aryl methyl sites for hydroxylation is 1. The van der Waals surface area contributed by atoms with Gasteiger partial charge in [0.2, 0.25) is 5.91 Å². The van der Waals surface area contributed by atoms with Crippen LogP contribution in [0, 0.1) is 6.92 Å². The third kappa shape index (κ3) is 7.13. The minimum absolute atomic E-state index is 0. The smallest absolute Gasteiger partial charge is 0.244 e. The number of benzene rings is 2. The summed E-state index contributed by atoms with van der Waals surface area (Å²) in [6.07, 6.45) is 0. The molecule has 0 radical (unpaired) electrons. The van der Waals surface area contributed by atoms with Crippen LogP contribution in [0.2, 0.25) is 0 Å². The van der Waals surface area contributed by atoms with Gasteiger partial charge in [-0.1, -0.05) is 48.0 Å². The van der Waals surface area contributed by atoms with Gasteiger partial charge in [0.25, 0.3) is 0 Å². The van der Waals surface area contributed by atoms with Crippen LogP contribution >= 0.6 is 24.0 Å². The molecule has 25 heavy (non-hydrogen) atoms. The Labute approximate surface area is 166 Å². The summed E-state index contributed by atoms with van der Waals surface area (Å²) in [7, 11) is 0. The minimum atomic E-state index is -0.0463. The number of amides is 1. The van der Waals surface area contributed by atoms with Crippen LogP contribution in [-0.2, 0) is 11.3 Å². The van der Waals surface area contributed by atoms with Crippen LogP contribution in [-0.4, -0.2) is 29.9 Å². The number of nitrogens with zero attached hydrogens (tertiary/aromatic N) is 2. The quantitative estimate of drug-likeness (QED) is 0.401. The molecule has 0 aliphatic carbocycles. The maximum Gasteiger partial charge on any atom is 0.244 e. The fraction of sp³-hybridized carbons (Fsp3) is 0.263. The monoisotopic (exact) mass is 452 g/mol. The first-order valence-corrected chi connectivity index (χ1v) is 8.03. The van der Waals surface area contributed by atoms with Gasteiger partial charge in [-0.3, -0.25) is 4.79 Å². The summed E-state index contributed by atoms with van der Waals surface area (Å²) in [5.41, 5.74) is 8.98. The Hall–Kier alpha value is -2.09. The van der Waals surface area contributed by atoms with E-state index in [1.807, 2.05) is 68.4 Å². The van der Waals surface area contributed by atoms with Crippen molar-refractivity contribution in [3.8, 4) is 0 Å². The van der Waals surface area contributed by atoms with Crippen LogP contribution < -0.4 is 11.1 Å². The Bertz CT molecular complexity index is 686. The Morgan fingerprint density at radius 2 is 1.76 bits per heavy atom. The molecule has 0 saturated heterocycles. The molecule has 6 heteroatoms. The number of carbonyl (C=O) groups is 1. The van der Waals surface area contributed by atoms with Crippen molar-refractivity contribution in [1.82, 2.24) is 4.90 Å². The first-order valence-electron chi connectivity index (χ1n) is 8.03. The number of nitrogens with one attached hydrogen (secondary N) is 1. The molecule has 0 aliphatic rings. The van der Waals surface area contributed by atoms with E-state index in [4.69, 9.17) is 5.73 Å². The van der Waals surface area contributed by atoms with Crippen molar-refractivity contribution in [1.29, 1.82) is 0 Å². The van der Waals surface area contributed by atoms with Crippen molar-refractivity contribution in [3.05, 3.63) is 65.7 Å². The lowest BCUT2D eigenvalue weighted by Gasteiger charge is -2.20. The molecule has 134 valence electrons. The number of halogens is 1. The Kier molecular flexibility index (Phi) is 8.98. The highest BCUT2D eigenvalue weighted by Crippen LogP contribution is 2.08. The average Bonchev–Trinajstić information content (AvgIpc) is 2.60. The second kappa shape index (κ2) is 10.7. The topological polar surface area (TPSA) is 70.7 Å². The molecule has 0 spiro atoms. The number of hydrogen-bond acceptors (Lipinski definition) is 2. The lowest BCUT2D eigenvalue weighted by atomic mass is 10.2. The van der Waals surface area contributed by atoms with Gasteiger partial charge in [0.15, 0.2) is 5.96 Å². The van der Waals surface area contributed by atoms with Gasteiger partial charge in [-0.05, 0) is 31.5 Å². The summed E-state index contributed by atoms with van der Waals surface area (Å²) in [6.45, 7) is 5.22. The summed E-state index contributed by atoms with van der Waals surface area (Å²) in [6, 6.07) is 17.7. The van der Waals surface area contributed by atoms with Crippen molar-refractivity contribution in [2.75, 3.05) is 18.4 Å². The third-order valence-electron chi connectivity index (χ3n) is 3.66. The van der Waals surface area contributed by atoms with Crippen molar-refractivity contribution in [2.24, 2.45) is 10.7 Å². The van der Waals surface area contributed by atoms with Crippen molar-refractivity contribution in [3.63, 3.8) is 0 Å². The van der Waals surface area contributed by atoms with E-state index >= 15 is 0 Å². The summed E-state index contributed by atoms with van der Waals surface area (Å²) in [4.78, 5) is 18.2. The largest absolute Gasteiger partial charge is 0.370 e. The van der Waals surface area contributed by atoms with Crippen LogP contribution in [0.3, 0.4) is 0 Å². The van der Waals surface area contributed by atoms with Crippen molar-refractivity contribution >= 4 is 41.5 Å². The van der Waals surface area contributed by atoms with E-state index in [1.165, 1.54) is 5.56 Å². The fourth-order valence-corrected chi connectivity index (χ4v) is 2.26. The predicted octanol–water partition coefficient (Wildman–Crippen LogP) is 3.39. The highest BCUT2D eigenvalue weighted by molar-refractivity contribution is 14.0. The van der Waals surface area contributed by atoms with E-state index in [2.05, 4.69) is 10.3 Å². The fourth-order valence-electron chi connectivity index (χ4n) is 2.26. The molecule has 0 bridgehead atoms. The zero-order valence-electron chi connectivity index (χ0n) is 14.6. The van der Waals surface area contributed by atoms with E-state index in [1.54, 1.807) is 4.90 Å². The lowest BCUT2D eigenvalue weighted by molar-refractivity contribution is -0.130. The van der Waals surface area contributed by atoms with Gasteiger partial charge in [-0.25, -0.2) is 4.99 Å².